The largest absolute Gasteiger partial charge is 0.416 e. The molecule has 0 aliphatic rings. The van der Waals surface area contributed by atoms with Crippen LogP contribution >= 0.6 is 0 Å². The molecule has 1 atom stereocenters. The SMILES string of the molecule is OC[C@@H](O)c1cnc(-c2cnc3c(Nc4ccc(C(F)(F)F)cc4)nccc3c2)c(F)c1. The van der Waals surface area contributed by atoms with Gasteiger partial charge in [0.2, 0.25) is 0 Å². The van der Waals surface area contributed by atoms with Gasteiger partial charge < -0.3 is 15.5 Å². The zero-order valence-electron chi connectivity index (χ0n) is 16.3. The predicted molar refractivity (Wildman–Crippen MR) is 109 cm³/mol. The van der Waals surface area contributed by atoms with Crippen molar-refractivity contribution in [3.8, 4) is 11.3 Å². The van der Waals surface area contributed by atoms with E-state index >= 15 is 0 Å². The Morgan fingerprint density at radius 2 is 1.72 bits per heavy atom. The molecule has 0 aliphatic heterocycles. The van der Waals surface area contributed by atoms with E-state index in [0.29, 0.717) is 28.0 Å². The molecule has 164 valence electrons. The Bertz CT molecular complexity index is 1260. The molecular weight excluding hydrogens is 428 g/mol. The van der Waals surface area contributed by atoms with E-state index in [1.165, 1.54) is 30.7 Å². The lowest BCUT2D eigenvalue weighted by atomic mass is 10.1. The van der Waals surface area contributed by atoms with Crippen molar-refractivity contribution in [2.75, 3.05) is 11.9 Å². The molecule has 3 aromatic heterocycles. The van der Waals surface area contributed by atoms with Crippen molar-refractivity contribution in [3.63, 3.8) is 0 Å². The quantitative estimate of drug-likeness (QED) is 0.389. The number of anilines is 2. The molecule has 0 unspecified atom stereocenters. The second-order valence-electron chi connectivity index (χ2n) is 6.95. The highest BCUT2D eigenvalue weighted by molar-refractivity contribution is 5.91. The first kappa shape index (κ1) is 21.6. The van der Waals surface area contributed by atoms with Gasteiger partial charge in [-0.05, 0) is 42.5 Å². The van der Waals surface area contributed by atoms with Crippen molar-refractivity contribution in [2.45, 2.75) is 12.3 Å². The molecule has 32 heavy (non-hydrogen) atoms. The van der Waals surface area contributed by atoms with Gasteiger partial charge >= 0.3 is 6.18 Å². The fraction of sp³-hybridized carbons (Fsp3) is 0.136. The molecule has 0 aliphatic carbocycles. The minimum absolute atomic E-state index is 0.0161. The summed E-state index contributed by atoms with van der Waals surface area (Å²) >= 11 is 0. The summed E-state index contributed by atoms with van der Waals surface area (Å²) in [5.41, 5.74) is 0.617. The van der Waals surface area contributed by atoms with Gasteiger partial charge in [0.05, 0.1) is 12.2 Å². The maximum absolute atomic E-state index is 14.5. The van der Waals surface area contributed by atoms with Gasteiger partial charge in [0.15, 0.2) is 5.82 Å². The molecule has 0 fully saturated rings. The van der Waals surface area contributed by atoms with E-state index < -0.39 is 30.3 Å². The molecule has 4 rings (SSSR count). The summed E-state index contributed by atoms with van der Waals surface area (Å²) in [6.45, 7) is -0.556. The van der Waals surface area contributed by atoms with Crippen LogP contribution in [-0.2, 0) is 6.18 Å². The van der Waals surface area contributed by atoms with Crippen LogP contribution in [0.15, 0.2) is 61.1 Å². The maximum Gasteiger partial charge on any atom is 0.416 e. The monoisotopic (exact) mass is 444 g/mol. The fourth-order valence-corrected chi connectivity index (χ4v) is 3.11. The average molecular weight is 444 g/mol. The summed E-state index contributed by atoms with van der Waals surface area (Å²) in [6.07, 6.45) is -1.50. The van der Waals surface area contributed by atoms with Crippen LogP contribution in [0.5, 0.6) is 0 Å². The van der Waals surface area contributed by atoms with Gasteiger partial charge in [0, 0.05) is 40.8 Å². The van der Waals surface area contributed by atoms with Crippen LogP contribution in [0.2, 0.25) is 0 Å². The standard InChI is InChI=1S/C22H16F4N4O2/c23-17-8-13(18(32)11-31)9-28-19(17)14-7-12-5-6-27-21(20(12)29-10-14)30-16-3-1-15(2-4-16)22(24,25)26/h1-10,18,31-32H,11H2,(H,27,30)/t18-/m1/s1. The minimum atomic E-state index is -4.42. The zero-order valence-corrected chi connectivity index (χ0v) is 16.3. The molecule has 3 N–H and O–H groups in total. The Hall–Kier alpha value is -3.63. The number of alkyl halides is 3. The topological polar surface area (TPSA) is 91.2 Å². The molecule has 1 aromatic carbocycles. The van der Waals surface area contributed by atoms with Crippen LogP contribution in [0, 0.1) is 5.82 Å². The van der Waals surface area contributed by atoms with E-state index in [1.807, 2.05) is 0 Å². The first-order valence-corrected chi connectivity index (χ1v) is 9.40. The van der Waals surface area contributed by atoms with E-state index in [0.717, 1.165) is 18.2 Å². The average Bonchev–Trinajstić information content (AvgIpc) is 2.78. The number of hydrogen-bond acceptors (Lipinski definition) is 6. The van der Waals surface area contributed by atoms with Crippen LogP contribution < -0.4 is 5.32 Å². The van der Waals surface area contributed by atoms with Gasteiger partial charge in [-0.1, -0.05) is 0 Å². The van der Waals surface area contributed by atoms with Crippen molar-refractivity contribution >= 4 is 22.4 Å². The van der Waals surface area contributed by atoms with E-state index in [4.69, 9.17) is 5.11 Å². The normalized spacial score (nSPS) is 12.7. The lowest BCUT2D eigenvalue weighted by Gasteiger charge is -2.12. The van der Waals surface area contributed by atoms with Crippen molar-refractivity contribution in [1.29, 1.82) is 0 Å². The number of rotatable bonds is 5. The molecule has 3 heterocycles. The van der Waals surface area contributed by atoms with E-state index in [1.54, 1.807) is 12.1 Å². The first-order chi connectivity index (χ1) is 15.3. The van der Waals surface area contributed by atoms with E-state index in [9.17, 15) is 22.7 Å². The lowest BCUT2D eigenvalue weighted by Crippen LogP contribution is -2.05. The molecule has 0 saturated carbocycles. The highest BCUT2D eigenvalue weighted by Gasteiger charge is 2.30. The Morgan fingerprint density at radius 1 is 0.969 bits per heavy atom. The number of benzene rings is 1. The number of aromatic nitrogens is 3. The van der Waals surface area contributed by atoms with Crippen LogP contribution in [-0.4, -0.2) is 31.8 Å². The number of aliphatic hydroxyl groups excluding tert-OH is 2. The number of nitrogens with one attached hydrogen (secondary N) is 1. The number of pyridine rings is 3. The molecule has 10 heteroatoms. The van der Waals surface area contributed by atoms with Gasteiger partial charge in [-0.25, -0.2) is 9.37 Å². The van der Waals surface area contributed by atoms with Gasteiger partial charge in [-0.2, -0.15) is 13.2 Å². The maximum atomic E-state index is 14.5. The fourth-order valence-electron chi connectivity index (χ4n) is 3.11. The number of hydrogen-bond donors (Lipinski definition) is 3. The number of fused-ring (bicyclic) bond motifs is 1. The second kappa shape index (κ2) is 8.48. The lowest BCUT2D eigenvalue weighted by molar-refractivity contribution is -0.137. The summed E-state index contributed by atoms with van der Waals surface area (Å²) in [7, 11) is 0. The molecule has 0 bridgehead atoms. The Labute approximate surface area is 179 Å². The van der Waals surface area contributed by atoms with E-state index in [-0.39, 0.29) is 11.3 Å². The third-order valence-electron chi connectivity index (χ3n) is 4.77. The van der Waals surface area contributed by atoms with Crippen molar-refractivity contribution in [3.05, 3.63) is 78.0 Å². The molecule has 0 saturated heterocycles. The van der Waals surface area contributed by atoms with Crippen LogP contribution in [0.1, 0.15) is 17.2 Å². The Morgan fingerprint density at radius 3 is 2.38 bits per heavy atom. The van der Waals surface area contributed by atoms with Gasteiger partial charge in [-0.3, -0.25) is 9.97 Å². The van der Waals surface area contributed by atoms with Crippen LogP contribution in [0.4, 0.5) is 29.1 Å². The highest BCUT2D eigenvalue weighted by Crippen LogP contribution is 2.31. The van der Waals surface area contributed by atoms with Crippen molar-refractivity contribution < 1.29 is 27.8 Å². The summed E-state index contributed by atoms with van der Waals surface area (Å²) in [4.78, 5) is 12.6. The summed E-state index contributed by atoms with van der Waals surface area (Å²) < 4.78 is 52.8. The molecule has 0 radical (unpaired) electrons. The van der Waals surface area contributed by atoms with Crippen molar-refractivity contribution in [1.82, 2.24) is 15.0 Å². The molecular formula is C22H16F4N4O2. The number of aliphatic hydroxyl groups is 2. The number of nitrogens with zero attached hydrogens (tertiary/aromatic N) is 3. The smallest absolute Gasteiger partial charge is 0.393 e. The molecule has 4 aromatic rings. The van der Waals surface area contributed by atoms with Crippen LogP contribution in [0.25, 0.3) is 22.2 Å². The molecule has 6 nitrogen and oxygen atoms in total. The Kier molecular flexibility index (Phi) is 5.72. The van der Waals surface area contributed by atoms with Gasteiger partial charge in [0.25, 0.3) is 0 Å². The minimum Gasteiger partial charge on any atom is -0.393 e. The molecule has 0 amide bonds. The number of halogens is 4. The van der Waals surface area contributed by atoms with Crippen molar-refractivity contribution in [2.24, 2.45) is 0 Å². The predicted octanol–water partition coefficient (Wildman–Crippen LogP) is 4.62. The molecule has 0 spiro atoms. The van der Waals surface area contributed by atoms with E-state index in [2.05, 4.69) is 20.3 Å². The third-order valence-corrected chi connectivity index (χ3v) is 4.77. The first-order valence-electron chi connectivity index (χ1n) is 9.40. The highest BCUT2D eigenvalue weighted by atomic mass is 19.4. The van der Waals surface area contributed by atoms with Gasteiger partial charge in [-0.15, -0.1) is 0 Å². The summed E-state index contributed by atoms with van der Waals surface area (Å²) in [6, 6.07) is 8.91. The zero-order chi connectivity index (χ0) is 22.9. The Balaban J connectivity index is 1.64. The summed E-state index contributed by atoms with van der Waals surface area (Å²) in [5, 5.41) is 22.2. The van der Waals surface area contributed by atoms with Crippen LogP contribution in [0.3, 0.4) is 0 Å². The second-order valence-corrected chi connectivity index (χ2v) is 6.95. The van der Waals surface area contributed by atoms with Gasteiger partial charge in [0.1, 0.15) is 23.1 Å². The summed E-state index contributed by atoms with van der Waals surface area (Å²) in [5.74, 6) is -0.364. The third kappa shape index (κ3) is 4.36.